The SMILES string of the molecule is CCn1cc(NCc2ccc(Br)s2)ccc1=O. The first-order valence-corrected chi connectivity index (χ1v) is 6.98. The van der Waals surface area contributed by atoms with Crippen molar-refractivity contribution in [3.05, 3.63) is 49.5 Å². The van der Waals surface area contributed by atoms with Gasteiger partial charge in [0, 0.05) is 30.2 Å². The van der Waals surface area contributed by atoms with Gasteiger partial charge < -0.3 is 9.88 Å². The minimum Gasteiger partial charge on any atom is -0.379 e. The molecule has 2 aromatic rings. The van der Waals surface area contributed by atoms with E-state index in [0.717, 1.165) is 16.0 Å². The number of anilines is 1. The summed E-state index contributed by atoms with van der Waals surface area (Å²) >= 11 is 5.14. The molecule has 0 spiro atoms. The van der Waals surface area contributed by atoms with E-state index in [-0.39, 0.29) is 5.56 Å². The molecule has 0 aliphatic rings. The van der Waals surface area contributed by atoms with Crippen LogP contribution in [0.25, 0.3) is 0 Å². The standard InChI is InChI=1S/C12H13BrN2OS/c1-2-15-8-9(3-6-12(15)16)14-7-10-4-5-11(13)17-10/h3-6,8,14H,2,7H2,1H3. The van der Waals surface area contributed by atoms with Crippen LogP contribution in [0.4, 0.5) is 5.69 Å². The van der Waals surface area contributed by atoms with Crippen LogP contribution in [0.15, 0.2) is 39.0 Å². The third-order valence-electron chi connectivity index (χ3n) is 2.42. The summed E-state index contributed by atoms with van der Waals surface area (Å²) in [6, 6.07) is 7.53. The van der Waals surface area contributed by atoms with Crippen LogP contribution in [0.5, 0.6) is 0 Å². The molecular formula is C12H13BrN2OS. The first-order chi connectivity index (χ1) is 8.19. The molecule has 2 aromatic heterocycles. The van der Waals surface area contributed by atoms with Crippen molar-refractivity contribution in [3.63, 3.8) is 0 Å². The summed E-state index contributed by atoms with van der Waals surface area (Å²) in [5, 5.41) is 3.31. The molecule has 0 atom stereocenters. The van der Waals surface area contributed by atoms with Gasteiger partial charge in [-0.1, -0.05) is 0 Å². The van der Waals surface area contributed by atoms with Gasteiger partial charge >= 0.3 is 0 Å². The van der Waals surface area contributed by atoms with Gasteiger partial charge in [0.25, 0.3) is 5.56 Å². The average molecular weight is 313 g/mol. The van der Waals surface area contributed by atoms with Gasteiger partial charge in [0.1, 0.15) is 0 Å². The number of aromatic nitrogens is 1. The number of aryl methyl sites for hydroxylation is 1. The van der Waals surface area contributed by atoms with E-state index in [1.165, 1.54) is 4.88 Å². The van der Waals surface area contributed by atoms with Gasteiger partial charge in [0.15, 0.2) is 0 Å². The summed E-state index contributed by atoms with van der Waals surface area (Å²) < 4.78 is 2.82. The Morgan fingerprint density at radius 3 is 2.82 bits per heavy atom. The van der Waals surface area contributed by atoms with E-state index in [1.54, 1.807) is 22.0 Å². The lowest BCUT2D eigenvalue weighted by Crippen LogP contribution is -2.17. The minimum atomic E-state index is 0.0388. The fourth-order valence-corrected chi connectivity index (χ4v) is 2.94. The van der Waals surface area contributed by atoms with Gasteiger partial charge in [-0.15, -0.1) is 11.3 Å². The number of nitrogens with zero attached hydrogens (tertiary/aromatic N) is 1. The highest BCUT2D eigenvalue weighted by molar-refractivity contribution is 9.11. The molecule has 0 bridgehead atoms. The first kappa shape index (κ1) is 12.4. The molecule has 0 saturated carbocycles. The Morgan fingerprint density at radius 2 is 2.18 bits per heavy atom. The molecule has 0 amide bonds. The summed E-state index contributed by atoms with van der Waals surface area (Å²) in [4.78, 5) is 12.7. The number of rotatable bonds is 4. The number of pyridine rings is 1. The fraction of sp³-hybridized carbons (Fsp3) is 0.250. The first-order valence-electron chi connectivity index (χ1n) is 5.37. The Balaban J connectivity index is 2.06. The van der Waals surface area contributed by atoms with Crippen LogP contribution in [0.2, 0.25) is 0 Å². The van der Waals surface area contributed by atoms with Gasteiger partial charge in [0.2, 0.25) is 0 Å². The Kier molecular flexibility index (Phi) is 4.02. The van der Waals surface area contributed by atoms with E-state index in [2.05, 4.69) is 27.3 Å². The second kappa shape index (κ2) is 5.51. The summed E-state index contributed by atoms with van der Waals surface area (Å²) in [5.41, 5.74) is 1.01. The molecular weight excluding hydrogens is 300 g/mol. The highest BCUT2D eigenvalue weighted by Gasteiger charge is 1.99. The third kappa shape index (κ3) is 3.20. The number of thiophene rings is 1. The van der Waals surface area contributed by atoms with Crippen molar-refractivity contribution in [1.82, 2.24) is 4.57 Å². The topological polar surface area (TPSA) is 34.0 Å². The second-order valence-electron chi connectivity index (χ2n) is 3.60. The molecule has 0 radical (unpaired) electrons. The second-order valence-corrected chi connectivity index (χ2v) is 6.15. The van der Waals surface area contributed by atoms with Crippen molar-refractivity contribution in [2.24, 2.45) is 0 Å². The minimum absolute atomic E-state index is 0.0388. The van der Waals surface area contributed by atoms with E-state index in [0.29, 0.717) is 6.54 Å². The van der Waals surface area contributed by atoms with Crippen LogP contribution < -0.4 is 10.9 Å². The van der Waals surface area contributed by atoms with Crippen molar-refractivity contribution < 1.29 is 0 Å². The van der Waals surface area contributed by atoms with E-state index < -0.39 is 0 Å². The smallest absolute Gasteiger partial charge is 0.250 e. The highest BCUT2D eigenvalue weighted by atomic mass is 79.9. The quantitative estimate of drug-likeness (QED) is 0.940. The van der Waals surface area contributed by atoms with Crippen molar-refractivity contribution >= 4 is 33.0 Å². The molecule has 1 N–H and O–H groups in total. The van der Waals surface area contributed by atoms with Crippen LogP contribution in [0.1, 0.15) is 11.8 Å². The average Bonchev–Trinajstić information content (AvgIpc) is 2.74. The lowest BCUT2D eigenvalue weighted by atomic mass is 10.4. The van der Waals surface area contributed by atoms with Crippen molar-refractivity contribution in [3.8, 4) is 0 Å². The molecule has 90 valence electrons. The lowest BCUT2D eigenvalue weighted by molar-refractivity contribution is 0.728. The molecule has 2 rings (SSSR count). The largest absolute Gasteiger partial charge is 0.379 e. The fourth-order valence-electron chi connectivity index (χ4n) is 1.52. The van der Waals surface area contributed by atoms with Crippen LogP contribution in [0.3, 0.4) is 0 Å². The number of halogens is 1. The van der Waals surface area contributed by atoms with Gasteiger partial charge in [-0.05, 0) is 41.1 Å². The van der Waals surface area contributed by atoms with E-state index in [9.17, 15) is 4.79 Å². The normalized spacial score (nSPS) is 10.5. The van der Waals surface area contributed by atoms with E-state index >= 15 is 0 Å². The molecule has 0 fully saturated rings. The molecule has 0 unspecified atom stereocenters. The number of nitrogens with one attached hydrogen (secondary N) is 1. The van der Waals surface area contributed by atoms with Gasteiger partial charge in [-0.2, -0.15) is 0 Å². The molecule has 0 saturated heterocycles. The zero-order valence-electron chi connectivity index (χ0n) is 9.44. The lowest BCUT2D eigenvalue weighted by Gasteiger charge is -2.07. The molecule has 5 heteroatoms. The van der Waals surface area contributed by atoms with Crippen LogP contribution in [-0.4, -0.2) is 4.57 Å². The van der Waals surface area contributed by atoms with E-state index in [1.807, 2.05) is 25.3 Å². The van der Waals surface area contributed by atoms with Gasteiger partial charge in [0.05, 0.1) is 9.47 Å². The van der Waals surface area contributed by atoms with Gasteiger partial charge in [-0.25, -0.2) is 0 Å². The van der Waals surface area contributed by atoms with Gasteiger partial charge in [-0.3, -0.25) is 4.79 Å². The molecule has 0 aliphatic carbocycles. The molecule has 0 aromatic carbocycles. The molecule has 3 nitrogen and oxygen atoms in total. The number of hydrogen-bond acceptors (Lipinski definition) is 3. The zero-order chi connectivity index (χ0) is 12.3. The van der Waals surface area contributed by atoms with Crippen LogP contribution >= 0.6 is 27.3 Å². The Labute approximate surface area is 112 Å². The Morgan fingerprint density at radius 1 is 1.35 bits per heavy atom. The maximum absolute atomic E-state index is 11.4. The zero-order valence-corrected chi connectivity index (χ0v) is 11.8. The Hall–Kier alpha value is -1.07. The monoisotopic (exact) mass is 312 g/mol. The van der Waals surface area contributed by atoms with Crippen LogP contribution in [-0.2, 0) is 13.1 Å². The third-order valence-corrected chi connectivity index (χ3v) is 4.04. The summed E-state index contributed by atoms with van der Waals surface area (Å²) in [7, 11) is 0. The molecule has 0 aliphatic heterocycles. The predicted octanol–water partition coefficient (Wildman–Crippen LogP) is 3.30. The predicted molar refractivity (Wildman–Crippen MR) is 75.7 cm³/mol. The summed E-state index contributed by atoms with van der Waals surface area (Å²) in [5.74, 6) is 0. The summed E-state index contributed by atoms with van der Waals surface area (Å²) in [6.45, 7) is 3.43. The molecule has 17 heavy (non-hydrogen) atoms. The Bertz CT molecular complexity index is 562. The van der Waals surface area contributed by atoms with Crippen molar-refractivity contribution in [2.45, 2.75) is 20.0 Å². The maximum Gasteiger partial charge on any atom is 0.250 e. The number of hydrogen-bond donors (Lipinski definition) is 1. The van der Waals surface area contributed by atoms with Crippen molar-refractivity contribution in [1.29, 1.82) is 0 Å². The maximum atomic E-state index is 11.4. The van der Waals surface area contributed by atoms with Crippen molar-refractivity contribution in [2.75, 3.05) is 5.32 Å². The van der Waals surface area contributed by atoms with E-state index in [4.69, 9.17) is 0 Å². The van der Waals surface area contributed by atoms with Crippen LogP contribution in [0, 0.1) is 0 Å². The highest BCUT2D eigenvalue weighted by Crippen LogP contribution is 2.22. The molecule has 2 heterocycles. The summed E-state index contributed by atoms with van der Waals surface area (Å²) in [6.07, 6.45) is 1.85.